The molecule has 0 aromatic heterocycles. The highest BCUT2D eigenvalue weighted by Gasteiger charge is 2.13. The Kier molecular flexibility index (Phi) is 4.61. The Labute approximate surface area is 125 Å². The normalized spacial score (nSPS) is 10.3. The van der Waals surface area contributed by atoms with Crippen molar-refractivity contribution in [3.63, 3.8) is 0 Å². The van der Waals surface area contributed by atoms with E-state index in [1.165, 1.54) is 0 Å². The number of hydrogen-bond acceptors (Lipinski definition) is 2. The summed E-state index contributed by atoms with van der Waals surface area (Å²) >= 11 is 9.29. The van der Waals surface area contributed by atoms with Crippen molar-refractivity contribution in [2.24, 2.45) is 0 Å². The van der Waals surface area contributed by atoms with Gasteiger partial charge in [-0.05, 0) is 35.9 Å². The monoisotopic (exact) mass is 338 g/mol. The molecule has 4 heteroatoms. The number of rotatable bonds is 4. The van der Waals surface area contributed by atoms with Gasteiger partial charge in [0.15, 0.2) is 5.78 Å². The molecule has 0 heterocycles. The zero-order chi connectivity index (χ0) is 13.8. The van der Waals surface area contributed by atoms with E-state index >= 15 is 0 Å². The molecule has 0 atom stereocenters. The van der Waals surface area contributed by atoms with Crippen molar-refractivity contribution in [2.75, 3.05) is 7.11 Å². The number of ether oxygens (including phenoxy) is 1. The van der Waals surface area contributed by atoms with Crippen LogP contribution in [-0.2, 0) is 6.42 Å². The summed E-state index contributed by atoms with van der Waals surface area (Å²) < 4.78 is 6.18. The first kappa shape index (κ1) is 14.1. The van der Waals surface area contributed by atoms with Crippen LogP contribution in [0.3, 0.4) is 0 Å². The summed E-state index contributed by atoms with van der Waals surface area (Å²) in [4.78, 5) is 12.3. The summed E-state index contributed by atoms with van der Waals surface area (Å²) in [6.45, 7) is 0. The van der Waals surface area contributed by atoms with Gasteiger partial charge < -0.3 is 4.74 Å². The second-order valence-electron chi connectivity index (χ2n) is 4.07. The molecule has 0 amide bonds. The minimum Gasteiger partial charge on any atom is -0.496 e. The minimum absolute atomic E-state index is 0.0123. The molecule has 0 aliphatic carbocycles. The maximum absolute atomic E-state index is 12.3. The van der Waals surface area contributed by atoms with Crippen LogP contribution in [-0.4, -0.2) is 12.9 Å². The molecule has 0 N–H and O–H groups in total. The van der Waals surface area contributed by atoms with Crippen LogP contribution < -0.4 is 4.74 Å². The Morgan fingerprint density at radius 2 is 1.89 bits per heavy atom. The lowest BCUT2D eigenvalue weighted by Gasteiger charge is -2.08. The largest absolute Gasteiger partial charge is 0.496 e. The summed E-state index contributed by atoms with van der Waals surface area (Å²) in [5.74, 6) is 0.535. The first-order valence-electron chi connectivity index (χ1n) is 5.71. The molecule has 2 aromatic carbocycles. The van der Waals surface area contributed by atoms with E-state index in [0.717, 1.165) is 10.0 Å². The molecule has 0 spiro atoms. The molecule has 0 aliphatic heterocycles. The van der Waals surface area contributed by atoms with Gasteiger partial charge in [0, 0.05) is 15.9 Å². The number of halogens is 2. The lowest BCUT2D eigenvalue weighted by atomic mass is 10.0. The molecule has 98 valence electrons. The zero-order valence-corrected chi connectivity index (χ0v) is 12.7. The number of Topliss-reactive ketones (excluding diaryl/α,β-unsaturated/α-hetero) is 1. The maximum Gasteiger partial charge on any atom is 0.171 e. The highest BCUT2D eigenvalue weighted by Crippen LogP contribution is 2.24. The van der Waals surface area contributed by atoms with E-state index in [0.29, 0.717) is 22.8 Å². The van der Waals surface area contributed by atoms with Crippen molar-refractivity contribution < 1.29 is 9.53 Å². The molecule has 0 bridgehead atoms. The maximum atomic E-state index is 12.3. The Hall–Kier alpha value is -1.32. The fraction of sp³-hybridized carbons (Fsp3) is 0.133. The third-order valence-electron chi connectivity index (χ3n) is 2.74. The van der Waals surface area contributed by atoms with Crippen molar-refractivity contribution in [1.82, 2.24) is 0 Å². The third kappa shape index (κ3) is 3.58. The van der Waals surface area contributed by atoms with E-state index in [9.17, 15) is 4.79 Å². The number of carbonyl (C=O) groups excluding carboxylic acids is 1. The molecule has 0 saturated heterocycles. The van der Waals surface area contributed by atoms with Gasteiger partial charge in [0.1, 0.15) is 5.75 Å². The number of carbonyl (C=O) groups is 1. The Morgan fingerprint density at radius 1 is 1.21 bits per heavy atom. The number of hydrogen-bond donors (Lipinski definition) is 0. The Morgan fingerprint density at radius 3 is 2.53 bits per heavy atom. The van der Waals surface area contributed by atoms with E-state index in [1.807, 2.05) is 24.3 Å². The summed E-state index contributed by atoms with van der Waals surface area (Å²) in [6, 6.07) is 12.7. The first-order chi connectivity index (χ1) is 9.10. The fourth-order valence-electron chi connectivity index (χ4n) is 1.78. The second-order valence-corrected chi connectivity index (χ2v) is 5.42. The molecule has 0 fully saturated rings. The van der Waals surface area contributed by atoms with Crippen molar-refractivity contribution >= 4 is 33.3 Å². The molecule has 0 saturated carbocycles. The average Bonchev–Trinajstić information content (AvgIpc) is 2.41. The van der Waals surface area contributed by atoms with Gasteiger partial charge in [0.25, 0.3) is 0 Å². The molecule has 2 nitrogen and oxygen atoms in total. The molecule has 0 unspecified atom stereocenters. The van der Waals surface area contributed by atoms with Gasteiger partial charge in [-0.3, -0.25) is 4.79 Å². The van der Waals surface area contributed by atoms with Crippen molar-refractivity contribution in [1.29, 1.82) is 0 Å². The van der Waals surface area contributed by atoms with Gasteiger partial charge in [0.05, 0.1) is 12.7 Å². The van der Waals surface area contributed by atoms with Crippen LogP contribution in [0.4, 0.5) is 0 Å². The van der Waals surface area contributed by atoms with Gasteiger partial charge in [-0.25, -0.2) is 0 Å². The molecular weight excluding hydrogens is 328 g/mol. The molecular formula is C15H12BrClO2. The van der Waals surface area contributed by atoms with Gasteiger partial charge in [-0.2, -0.15) is 0 Å². The molecule has 2 aromatic rings. The first-order valence-corrected chi connectivity index (χ1v) is 6.88. The SMILES string of the molecule is COc1ccc(Cl)cc1C(=O)Cc1ccc(Br)cc1. The number of ketones is 1. The Balaban J connectivity index is 2.24. The van der Waals surface area contributed by atoms with Crippen LogP contribution in [0, 0.1) is 0 Å². The van der Waals surface area contributed by atoms with Crippen LogP contribution >= 0.6 is 27.5 Å². The topological polar surface area (TPSA) is 26.3 Å². The van der Waals surface area contributed by atoms with Gasteiger partial charge in [-0.15, -0.1) is 0 Å². The zero-order valence-electron chi connectivity index (χ0n) is 10.3. The highest BCUT2D eigenvalue weighted by molar-refractivity contribution is 9.10. The van der Waals surface area contributed by atoms with Crippen LogP contribution in [0.15, 0.2) is 46.9 Å². The summed E-state index contributed by atoms with van der Waals surface area (Å²) in [5, 5.41) is 0.528. The summed E-state index contributed by atoms with van der Waals surface area (Å²) in [6.07, 6.45) is 0.323. The van der Waals surface area contributed by atoms with Crippen LogP contribution in [0.1, 0.15) is 15.9 Å². The fourth-order valence-corrected chi connectivity index (χ4v) is 2.22. The molecule has 0 aliphatic rings. The van der Waals surface area contributed by atoms with E-state index in [2.05, 4.69) is 15.9 Å². The highest BCUT2D eigenvalue weighted by atomic mass is 79.9. The number of methoxy groups -OCH3 is 1. The average molecular weight is 340 g/mol. The van der Waals surface area contributed by atoms with Gasteiger partial charge in [0.2, 0.25) is 0 Å². The predicted molar refractivity (Wildman–Crippen MR) is 80.2 cm³/mol. The van der Waals surface area contributed by atoms with Crippen LogP contribution in [0.25, 0.3) is 0 Å². The second kappa shape index (κ2) is 6.22. The lowest BCUT2D eigenvalue weighted by Crippen LogP contribution is -2.05. The standard InChI is InChI=1S/C15H12BrClO2/c1-19-15-7-6-12(17)9-13(15)14(18)8-10-2-4-11(16)5-3-10/h2-7,9H,8H2,1H3. The lowest BCUT2D eigenvalue weighted by molar-refractivity contribution is 0.0990. The van der Waals surface area contributed by atoms with E-state index in [1.54, 1.807) is 25.3 Å². The van der Waals surface area contributed by atoms with Crippen LogP contribution in [0.2, 0.25) is 5.02 Å². The minimum atomic E-state index is -0.0123. The Bertz CT molecular complexity index is 594. The quantitative estimate of drug-likeness (QED) is 0.765. The van der Waals surface area contributed by atoms with Gasteiger partial charge >= 0.3 is 0 Å². The third-order valence-corrected chi connectivity index (χ3v) is 3.50. The number of benzene rings is 2. The van der Waals surface area contributed by atoms with Gasteiger partial charge in [-0.1, -0.05) is 39.7 Å². The molecule has 0 radical (unpaired) electrons. The smallest absolute Gasteiger partial charge is 0.171 e. The molecule has 2 rings (SSSR count). The van der Waals surface area contributed by atoms with E-state index < -0.39 is 0 Å². The molecule has 19 heavy (non-hydrogen) atoms. The van der Waals surface area contributed by atoms with E-state index in [-0.39, 0.29) is 5.78 Å². The van der Waals surface area contributed by atoms with E-state index in [4.69, 9.17) is 16.3 Å². The van der Waals surface area contributed by atoms with Crippen molar-refractivity contribution in [2.45, 2.75) is 6.42 Å². The van der Waals surface area contributed by atoms with Crippen molar-refractivity contribution in [3.8, 4) is 5.75 Å². The predicted octanol–water partition coefficient (Wildman–Crippen LogP) is 4.54. The summed E-state index contributed by atoms with van der Waals surface area (Å²) in [7, 11) is 1.54. The van der Waals surface area contributed by atoms with Crippen molar-refractivity contribution in [3.05, 3.63) is 63.1 Å². The van der Waals surface area contributed by atoms with Crippen LogP contribution in [0.5, 0.6) is 5.75 Å². The summed E-state index contributed by atoms with van der Waals surface area (Å²) in [5.41, 5.74) is 1.47.